The van der Waals surface area contributed by atoms with Crippen molar-refractivity contribution in [2.75, 3.05) is 5.32 Å². The van der Waals surface area contributed by atoms with E-state index in [2.05, 4.69) is 15.7 Å². The zero-order chi connectivity index (χ0) is 16.3. The van der Waals surface area contributed by atoms with Crippen molar-refractivity contribution in [1.29, 1.82) is 0 Å². The summed E-state index contributed by atoms with van der Waals surface area (Å²) < 4.78 is 15.0. The van der Waals surface area contributed by atoms with E-state index in [0.29, 0.717) is 10.8 Å². The molecule has 1 heterocycles. The number of nitrogens with zero attached hydrogens (tertiary/aromatic N) is 2. The highest BCUT2D eigenvalue weighted by molar-refractivity contribution is 7.80. The summed E-state index contributed by atoms with van der Waals surface area (Å²) in [5.74, 6) is -0.456. The van der Waals surface area contributed by atoms with Crippen LogP contribution in [0.1, 0.15) is 31.1 Å². The quantitative estimate of drug-likeness (QED) is 0.824. The van der Waals surface area contributed by atoms with E-state index in [1.807, 2.05) is 31.6 Å². The first-order valence-corrected chi connectivity index (χ1v) is 7.75. The number of anilines is 1. The zero-order valence-electron chi connectivity index (χ0n) is 12.7. The fourth-order valence-electron chi connectivity index (χ4n) is 2.14. The first-order chi connectivity index (χ1) is 10.4. The van der Waals surface area contributed by atoms with Crippen LogP contribution in [-0.4, -0.2) is 14.9 Å². The molecule has 0 amide bonds. The van der Waals surface area contributed by atoms with Crippen molar-refractivity contribution in [2.45, 2.75) is 33.4 Å². The lowest BCUT2D eigenvalue weighted by atomic mass is 10.1. The predicted octanol–water partition coefficient (Wildman–Crippen LogP) is 4.05. The minimum absolute atomic E-state index is 0.0104. The van der Waals surface area contributed by atoms with Crippen LogP contribution in [0.25, 0.3) is 0 Å². The standard InChI is InChI=1S/C15H18ClFN4S/c1-4-21-8-12(10(3)20-21)9(2)18-15(22)19-11-5-6-14(17)13(16)7-11/h5-9H,4H2,1-3H3,(H2,18,19,22). The molecule has 0 aliphatic heterocycles. The van der Waals surface area contributed by atoms with Gasteiger partial charge in [0.1, 0.15) is 5.82 Å². The maximum Gasteiger partial charge on any atom is 0.171 e. The molecule has 0 saturated heterocycles. The molecule has 1 unspecified atom stereocenters. The molecule has 2 aromatic rings. The minimum Gasteiger partial charge on any atom is -0.356 e. The Morgan fingerprint density at radius 2 is 2.23 bits per heavy atom. The van der Waals surface area contributed by atoms with Crippen LogP contribution in [0.15, 0.2) is 24.4 Å². The Balaban J connectivity index is 2.01. The third-order valence-corrected chi connectivity index (χ3v) is 3.81. The van der Waals surface area contributed by atoms with Gasteiger partial charge in [-0.05, 0) is 51.2 Å². The molecule has 0 spiro atoms. The van der Waals surface area contributed by atoms with Crippen molar-refractivity contribution in [3.05, 3.63) is 46.5 Å². The number of aromatic nitrogens is 2. The van der Waals surface area contributed by atoms with Gasteiger partial charge >= 0.3 is 0 Å². The summed E-state index contributed by atoms with van der Waals surface area (Å²) in [7, 11) is 0. The van der Waals surface area contributed by atoms with Crippen LogP contribution in [0.4, 0.5) is 10.1 Å². The van der Waals surface area contributed by atoms with Gasteiger partial charge in [-0.25, -0.2) is 4.39 Å². The van der Waals surface area contributed by atoms with Gasteiger partial charge in [0.05, 0.1) is 16.8 Å². The summed E-state index contributed by atoms with van der Waals surface area (Å²) in [6.45, 7) is 6.84. The normalized spacial score (nSPS) is 12.0. The lowest BCUT2D eigenvalue weighted by Crippen LogP contribution is -2.31. The van der Waals surface area contributed by atoms with Gasteiger partial charge in [0, 0.05) is 24.0 Å². The summed E-state index contributed by atoms with van der Waals surface area (Å²) in [5.41, 5.74) is 2.69. The first kappa shape index (κ1) is 16.7. The Bertz CT molecular complexity index is 686. The van der Waals surface area contributed by atoms with Crippen molar-refractivity contribution >= 4 is 34.6 Å². The summed E-state index contributed by atoms with van der Waals surface area (Å²) in [5, 5.41) is 11.1. The van der Waals surface area contributed by atoms with Crippen molar-refractivity contribution in [3.8, 4) is 0 Å². The lowest BCUT2D eigenvalue weighted by Gasteiger charge is -2.16. The van der Waals surface area contributed by atoms with Crippen LogP contribution in [0.5, 0.6) is 0 Å². The number of nitrogens with one attached hydrogen (secondary N) is 2. The Morgan fingerprint density at radius 1 is 1.50 bits per heavy atom. The maximum atomic E-state index is 13.1. The van der Waals surface area contributed by atoms with E-state index in [9.17, 15) is 4.39 Å². The van der Waals surface area contributed by atoms with Crippen LogP contribution in [0, 0.1) is 12.7 Å². The van der Waals surface area contributed by atoms with Crippen molar-refractivity contribution < 1.29 is 4.39 Å². The molecular weight excluding hydrogens is 323 g/mol. The summed E-state index contributed by atoms with van der Waals surface area (Å²) in [6, 6.07) is 4.39. The number of thiocarbonyl (C=S) groups is 1. The molecule has 0 fully saturated rings. The van der Waals surface area contributed by atoms with Crippen molar-refractivity contribution in [2.24, 2.45) is 0 Å². The molecule has 7 heteroatoms. The SMILES string of the molecule is CCn1cc(C(C)NC(=S)Nc2ccc(F)c(Cl)c2)c(C)n1. The van der Waals surface area contributed by atoms with Crippen LogP contribution in [-0.2, 0) is 6.54 Å². The molecule has 1 atom stereocenters. The third kappa shape index (κ3) is 3.96. The topological polar surface area (TPSA) is 41.9 Å². The van der Waals surface area contributed by atoms with Crippen molar-refractivity contribution in [1.82, 2.24) is 15.1 Å². The van der Waals surface area contributed by atoms with Gasteiger partial charge in [-0.15, -0.1) is 0 Å². The molecule has 4 nitrogen and oxygen atoms in total. The Hall–Kier alpha value is -1.66. The molecule has 22 heavy (non-hydrogen) atoms. The average Bonchev–Trinajstić information content (AvgIpc) is 2.84. The molecule has 118 valence electrons. The van der Waals surface area contributed by atoms with Crippen molar-refractivity contribution in [3.63, 3.8) is 0 Å². The van der Waals surface area contributed by atoms with Crippen LogP contribution in [0.2, 0.25) is 5.02 Å². The molecule has 1 aromatic carbocycles. The van der Waals surface area contributed by atoms with Gasteiger partial charge in [0.2, 0.25) is 0 Å². The third-order valence-electron chi connectivity index (χ3n) is 3.30. The molecule has 0 aliphatic carbocycles. The summed E-state index contributed by atoms with van der Waals surface area (Å²) in [4.78, 5) is 0. The Kier molecular flexibility index (Phi) is 5.37. The molecule has 0 bridgehead atoms. The molecule has 1 aromatic heterocycles. The molecule has 2 rings (SSSR count). The number of hydrogen-bond acceptors (Lipinski definition) is 2. The maximum absolute atomic E-state index is 13.1. The number of hydrogen-bond donors (Lipinski definition) is 2. The van der Waals surface area contributed by atoms with E-state index < -0.39 is 5.82 Å². The number of halogens is 2. The molecular formula is C15H18ClFN4S. The first-order valence-electron chi connectivity index (χ1n) is 6.97. The van der Waals surface area contributed by atoms with Gasteiger partial charge in [-0.3, -0.25) is 4.68 Å². The van der Waals surface area contributed by atoms with E-state index in [4.69, 9.17) is 23.8 Å². The molecule has 0 radical (unpaired) electrons. The second-order valence-corrected chi connectivity index (χ2v) is 5.79. The van der Waals surface area contributed by atoms with E-state index in [1.165, 1.54) is 12.1 Å². The minimum atomic E-state index is -0.456. The van der Waals surface area contributed by atoms with Crippen LogP contribution < -0.4 is 10.6 Å². The molecule has 0 saturated carbocycles. The number of benzene rings is 1. The highest BCUT2D eigenvalue weighted by atomic mass is 35.5. The van der Waals surface area contributed by atoms with Crippen LogP contribution >= 0.6 is 23.8 Å². The second kappa shape index (κ2) is 7.07. The van der Waals surface area contributed by atoms with E-state index in [0.717, 1.165) is 17.8 Å². The van der Waals surface area contributed by atoms with Gasteiger partial charge < -0.3 is 10.6 Å². The monoisotopic (exact) mass is 340 g/mol. The average molecular weight is 341 g/mol. The summed E-state index contributed by atoms with van der Waals surface area (Å²) >= 11 is 11.0. The highest BCUT2D eigenvalue weighted by Crippen LogP contribution is 2.20. The summed E-state index contributed by atoms with van der Waals surface area (Å²) in [6.07, 6.45) is 2.00. The molecule has 2 N–H and O–H groups in total. The highest BCUT2D eigenvalue weighted by Gasteiger charge is 2.13. The smallest absolute Gasteiger partial charge is 0.171 e. The lowest BCUT2D eigenvalue weighted by molar-refractivity contribution is 0.628. The zero-order valence-corrected chi connectivity index (χ0v) is 14.2. The van der Waals surface area contributed by atoms with E-state index >= 15 is 0 Å². The fraction of sp³-hybridized carbons (Fsp3) is 0.333. The fourth-order valence-corrected chi connectivity index (χ4v) is 2.61. The number of aryl methyl sites for hydroxylation is 2. The van der Waals surface area contributed by atoms with Crippen LogP contribution in [0.3, 0.4) is 0 Å². The van der Waals surface area contributed by atoms with Gasteiger partial charge in [0.15, 0.2) is 5.11 Å². The predicted molar refractivity (Wildman–Crippen MR) is 91.8 cm³/mol. The van der Waals surface area contributed by atoms with Gasteiger partial charge in [0.25, 0.3) is 0 Å². The number of rotatable bonds is 4. The van der Waals surface area contributed by atoms with Gasteiger partial charge in [-0.1, -0.05) is 11.6 Å². The largest absolute Gasteiger partial charge is 0.356 e. The van der Waals surface area contributed by atoms with E-state index in [1.54, 1.807) is 6.07 Å². The van der Waals surface area contributed by atoms with E-state index in [-0.39, 0.29) is 11.1 Å². The Labute approximate surface area is 139 Å². The molecule has 0 aliphatic rings. The second-order valence-electron chi connectivity index (χ2n) is 4.97. The Morgan fingerprint density at radius 3 is 2.82 bits per heavy atom. The van der Waals surface area contributed by atoms with Gasteiger partial charge in [-0.2, -0.15) is 5.10 Å².